The lowest BCUT2D eigenvalue weighted by Crippen LogP contribution is -2.53. The molecular formula is C19H26N4O4S. The van der Waals surface area contributed by atoms with Crippen LogP contribution in [0.3, 0.4) is 0 Å². The lowest BCUT2D eigenvalue weighted by molar-refractivity contribution is -0.140. The molecule has 0 aliphatic carbocycles. The minimum atomic E-state index is -3.65. The fourth-order valence-corrected chi connectivity index (χ4v) is 4.69. The van der Waals surface area contributed by atoms with Crippen molar-refractivity contribution in [3.05, 3.63) is 29.8 Å². The van der Waals surface area contributed by atoms with Crippen molar-refractivity contribution < 1.29 is 18.0 Å². The summed E-state index contributed by atoms with van der Waals surface area (Å²) in [7, 11) is -3.65. The van der Waals surface area contributed by atoms with Gasteiger partial charge >= 0.3 is 0 Å². The Morgan fingerprint density at radius 1 is 1.14 bits per heavy atom. The minimum absolute atomic E-state index is 0.00258. The van der Waals surface area contributed by atoms with Crippen molar-refractivity contribution in [3.8, 4) is 0 Å². The standard InChI is InChI=1S/C19H26N4O4S/c1-4-13(2)17(19(25)23-11-9-22(10-12-23)14(3)24)20-18-15-7-5-6-8-16(15)28(26,27)21-18/h5-8,13,17H,4,9-12H2,1-3H3,(H,20,21)/t13-,17-/m0/s1. The lowest BCUT2D eigenvalue weighted by atomic mass is 9.97. The maximum atomic E-state index is 13.2. The monoisotopic (exact) mass is 406 g/mol. The van der Waals surface area contributed by atoms with Gasteiger partial charge in [0.15, 0.2) is 0 Å². The summed E-state index contributed by atoms with van der Waals surface area (Å²) >= 11 is 0. The predicted molar refractivity (Wildman–Crippen MR) is 105 cm³/mol. The number of nitrogens with zero attached hydrogens (tertiary/aromatic N) is 3. The second-order valence-electron chi connectivity index (χ2n) is 7.24. The number of hydrogen-bond acceptors (Lipinski definition) is 5. The first-order valence-electron chi connectivity index (χ1n) is 9.49. The quantitative estimate of drug-likeness (QED) is 0.801. The number of amides is 2. The second kappa shape index (κ2) is 7.90. The van der Waals surface area contributed by atoms with E-state index in [2.05, 4.69) is 9.71 Å². The van der Waals surface area contributed by atoms with Crippen LogP contribution < -0.4 is 4.72 Å². The van der Waals surface area contributed by atoms with Gasteiger partial charge in [-0.15, -0.1) is 0 Å². The molecule has 3 rings (SSSR count). The summed E-state index contributed by atoms with van der Waals surface area (Å²) in [5, 5.41) is 0. The molecule has 1 N–H and O–H groups in total. The summed E-state index contributed by atoms with van der Waals surface area (Å²) in [6.45, 7) is 7.35. The Morgan fingerprint density at radius 3 is 2.36 bits per heavy atom. The van der Waals surface area contributed by atoms with Crippen molar-refractivity contribution in [3.63, 3.8) is 0 Å². The molecule has 0 radical (unpaired) electrons. The number of piperazine rings is 1. The van der Waals surface area contributed by atoms with Gasteiger partial charge in [0.2, 0.25) is 11.8 Å². The molecule has 2 heterocycles. The zero-order valence-corrected chi connectivity index (χ0v) is 17.2. The van der Waals surface area contributed by atoms with E-state index in [0.29, 0.717) is 31.7 Å². The first-order chi connectivity index (χ1) is 13.2. The van der Waals surface area contributed by atoms with Crippen molar-refractivity contribution in [2.45, 2.75) is 38.1 Å². The van der Waals surface area contributed by atoms with Crippen LogP contribution in [0.25, 0.3) is 0 Å². The van der Waals surface area contributed by atoms with E-state index in [0.717, 1.165) is 6.42 Å². The Morgan fingerprint density at radius 2 is 1.75 bits per heavy atom. The van der Waals surface area contributed by atoms with Gasteiger partial charge in [-0.1, -0.05) is 32.4 Å². The topological polar surface area (TPSA) is 99.1 Å². The molecule has 2 aliphatic rings. The van der Waals surface area contributed by atoms with Crippen molar-refractivity contribution in [2.24, 2.45) is 10.9 Å². The van der Waals surface area contributed by atoms with Crippen molar-refractivity contribution in [2.75, 3.05) is 26.2 Å². The summed E-state index contributed by atoms with van der Waals surface area (Å²) < 4.78 is 27.1. The van der Waals surface area contributed by atoms with E-state index >= 15 is 0 Å². The fraction of sp³-hybridized carbons (Fsp3) is 0.526. The van der Waals surface area contributed by atoms with E-state index in [1.165, 1.54) is 13.0 Å². The summed E-state index contributed by atoms with van der Waals surface area (Å²) in [6.07, 6.45) is 0.731. The number of sulfonamides is 1. The van der Waals surface area contributed by atoms with Gasteiger partial charge in [-0.2, -0.15) is 0 Å². The largest absolute Gasteiger partial charge is 0.339 e. The van der Waals surface area contributed by atoms with E-state index in [1.807, 2.05) is 13.8 Å². The van der Waals surface area contributed by atoms with Crippen LogP contribution in [-0.4, -0.2) is 68.1 Å². The van der Waals surface area contributed by atoms with Crippen LogP contribution in [0, 0.1) is 5.92 Å². The van der Waals surface area contributed by atoms with Gasteiger partial charge in [-0.3, -0.25) is 19.3 Å². The lowest BCUT2D eigenvalue weighted by Gasteiger charge is -2.36. The van der Waals surface area contributed by atoms with Crippen LogP contribution in [0.2, 0.25) is 0 Å². The molecule has 2 atom stereocenters. The number of rotatable bonds is 4. The predicted octanol–water partition coefficient (Wildman–Crippen LogP) is 0.831. The number of hydrogen-bond donors (Lipinski definition) is 1. The van der Waals surface area contributed by atoms with Crippen molar-refractivity contribution in [1.82, 2.24) is 14.5 Å². The summed E-state index contributed by atoms with van der Waals surface area (Å²) in [6, 6.07) is 5.94. The average molecular weight is 407 g/mol. The van der Waals surface area contributed by atoms with Gasteiger partial charge in [0, 0.05) is 38.7 Å². The zero-order chi connectivity index (χ0) is 20.5. The Labute approximate surface area is 165 Å². The molecule has 1 aromatic carbocycles. The Balaban J connectivity index is 1.87. The fourth-order valence-electron chi connectivity index (χ4n) is 3.45. The highest BCUT2D eigenvalue weighted by molar-refractivity contribution is 7.90. The third-order valence-corrected chi connectivity index (χ3v) is 6.80. The first-order valence-corrected chi connectivity index (χ1v) is 11.0. The number of fused-ring (bicyclic) bond motifs is 1. The molecule has 2 aliphatic heterocycles. The van der Waals surface area contributed by atoms with Gasteiger partial charge in [-0.05, 0) is 18.1 Å². The molecule has 152 valence electrons. The van der Waals surface area contributed by atoms with E-state index in [9.17, 15) is 18.0 Å². The molecule has 9 heteroatoms. The molecule has 8 nitrogen and oxygen atoms in total. The molecular weight excluding hydrogens is 380 g/mol. The number of benzene rings is 1. The number of amidine groups is 1. The highest BCUT2D eigenvalue weighted by Crippen LogP contribution is 2.24. The molecule has 2 amide bonds. The van der Waals surface area contributed by atoms with Gasteiger partial charge in [0.1, 0.15) is 11.9 Å². The van der Waals surface area contributed by atoms with Crippen molar-refractivity contribution >= 4 is 27.7 Å². The van der Waals surface area contributed by atoms with E-state index < -0.39 is 16.1 Å². The van der Waals surface area contributed by atoms with Crippen LogP contribution in [0.5, 0.6) is 0 Å². The van der Waals surface area contributed by atoms with Gasteiger partial charge in [0.25, 0.3) is 10.0 Å². The van der Waals surface area contributed by atoms with E-state index in [-0.39, 0.29) is 28.5 Å². The van der Waals surface area contributed by atoms with Crippen LogP contribution in [-0.2, 0) is 19.6 Å². The Bertz CT molecular complexity index is 904. The molecule has 1 aromatic rings. The van der Waals surface area contributed by atoms with Crippen LogP contribution in [0.15, 0.2) is 34.2 Å². The average Bonchev–Trinajstić information content (AvgIpc) is 2.95. The molecule has 0 spiro atoms. The minimum Gasteiger partial charge on any atom is -0.339 e. The summed E-state index contributed by atoms with van der Waals surface area (Å²) in [5.41, 5.74) is 0.491. The number of aliphatic imine (C=N–C) groups is 1. The normalized spacial score (nSPS) is 21.8. The summed E-state index contributed by atoms with van der Waals surface area (Å²) in [4.78, 5) is 32.9. The molecule has 0 unspecified atom stereocenters. The number of carbonyl (C=O) groups excluding carboxylic acids is 2. The highest BCUT2D eigenvalue weighted by atomic mass is 32.2. The molecule has 28 heavy (non-hydrogen) atoms. The first kappa shape index (κ1) is 20.3. The van der Waals surface area contributed by atoms with Crippen molar-refractivity contribution in [1.29, 1.82) is 0 Å². The number of carbonyl (C=O) groups is 2. The Kier molecular flexibility index (Phi) is 5.74. The zero-order valence-electron chi connectivity index (χ0n) is 16.4. The SMILES string of the molecule is CC[C@H](C)[C@H](N=C1NS(=O)(=O)c2ccccc21)C(=O)N1CCN(C(C)=O)CC1. The maximum absolute atomic E-state index is 13.2. The van der Waals surface area contributed by atoms with Crippen LogP contribution >= 0.6 is 0 Å². The number of nitrogens with one attached hydrogen (secondary N) is 1. The summed E-state index contributed by atoms with van der Waals surface area (Å²) in [5.74, 6) is 0.0381. The van der Waals surface area contributed by atoms with E-state index in [4.69, 9.17) is 0 Å². The molecule has 0 bridgehead atoms. The van der Waals surface area contributed by atoms with Gasteiger partial charge < -0.3 is 9.80 Å². The molecule has 0 saturated carbocycles. The van der Waals surface area contributed by atoms with Crippen LogP contribution in [0.1, 0.15) is 32.8 Å². The molecule has 1 saturated heterocycles. The van der Waals surface area contributed by atoms with E-state index in [1.54, 1.807) is 28.0 Å². The van der Waals surface area contributed by atoms with Gasteiger partial charge in [-0.25, -0.2) is 8.42 Å². The third-order valence-electron chi connectivity index (χ3n) is 5.40. The third kappa shape index (κ3) is 3.89. The maximum Gasteiger partial charge on any atom is 0.263 e. The highest BCUT2D eigenvalue weighted by Gasteiger charge is 2.35. The second-order valence-corrected chi connectivity index (χ2v) is 8.89. The Hall–Kier alpha value is -2.42. The molecule has 0 aromatic heterocycles. The van der Waals surface area contributed by atoms with Crippen LogP contribution in [0.4, 0.5) is 0 Å². The van der Waals surface area contributed by atoms with Gasteiger partial charge in [0.05, 0.1) is 4.90 Å². The molecule has 1 fully saturated rings. The smallest absolute Gasteiger partial charge is 0.263 e.